The fourth-order valence-electron chi connectivity index (χ4n) is 8.82. The fraction of sp³-hybridized carbons (Fsp3) is 0.129. The number of aromatic nitrogens is 4. The first-order valence-electron chi connectivity index (χ1n) is 23.2. The Bertz CT molecular complexity index is 3350. The van der Waals surface area contributed by atoms with Gasteiger partial charge in [0.2, 0.25) is 0 Å². The number of para-hydroxylation sites is 1. The lowest BCUT2D eigenvalue weighted by Crippen LogP contribution is -2.11. The first kappa shape index (κ1) is 44.0. The standard InChI is InChI=1S/C62H54N4O2/c1-6-43-12-16-45(17-13-43)39-67-41-47-20-24-50(25-21-47)60-63-64-61(66(60)55-35-31-53(32-36-55)62(3,4)5)51-28-26-49(27-29-51)52-30-37-59-57(38-52)56-10-8-9-11-58(56)65(59)54-33-22-48(23-34-54)42-68-40-46-18-14-44(7-2)15-19-46/h6-38H,1-2,39-42H2,3-5H3. The summed E-state index contributed by atoms with van der Waals surface area (Å²) in [7, 11) is 0. The Kier molecular flexibility index (Phi) is 12.4. The molecule has 0 radical (unpaired) electrons. The molecule has 6 nitrogen and oxygen atoms in total. The third-order valence-electron chi connectivity index (χ3n) is 12.7. The minimum Gasteiger partial charge on any atom is -0.372 e. The average molecular weight is 887 g/mol. The van der Waals surface area contributed by atoms with Crippen molar-refractivity contribution in [3.05, 3.63) is 240 Å². The van der Waals surface area contributed by atoms with Gasteiger partial charge in [0.15, 0.2) is 11.6 Å². The molecule has 0 aliphatic heterocycles. The second-order valence-corrected chi connectivity index (χ2v) is 18.4. The highest BCUT2D eigenvalue weighted by Crippen LogP contribution is 2.37. The van der Waals surface area contributed by atoms with E-state index >= 15 is 0 Å². The summed E-state index contributed by atoms with van der Waals surface area (Å²) in [5, 5.41) is 12.1. The first-order valence-corrected chi connectivity index (χ1v) is 23.2. The molecular formula is C62H54N4O2. The lowest BCUT2D eigenvalue weighted by atomic mass is 9.87. The number of rotatable bonds is 15. The quantitative estimate of drug-likeness (QED) is 0.103. The van der Waals surface area contributed by atoms with E-state index in [0.29, 0.717) is 26.4 Å². The van der Waals surface area contributed by atoms with Crippen LogP contribution >= 0.6 is 0 Å². The minimum absolute atomic E-state index is 0.0275. The van der Waals surface area contributed by atoms with E-state index < -0.39 is 0 Å². The van der Waals surface area contributed by atoms with E-state index in [1.807, 2.05) is 12.2 Å². The second-order valence-electron chi connectivity index (χ2n) is 18.4. The van der Waals surface area contributed by atoms with Crippen molar-refractivity contribution in [2.45, 2.75) is 52.6 Å². The van der Waals surface area contributed by atoms with E-state index in [1.54, 1.807) is 0 Å². The number of hydrogen-bond donors (Lipinski definition) is 0. The molecule has 0 N–H and O–H groups in total. The van der Waals surface area contributed by atoms with Gasteiger partial charge in [0.25, 0.3) is 0 Å². The van der Waals surface area contributed by atoms with Gasteiger partial charge in [0.05, 0.1) is 37.5 Å². The van der Waals surface area contributed by atoms with E-state index in [9.17, 15) is 0 Å². The van der Waals surface area contributed by atoms with Crippen LogP contribution in [0.5, 0.6) is 0 Å². The van der Waals surface area contributed by atoms with Crippen molar-refractivity contribution < 1.29 is 9.47 Å². The zero-order valence-electron chi connectivity index (χ0n) is 38.9. The molecule has 2 aromatic heterocycles. The Morgan fingerprint density at radius 3 is 1.35 bits per heavy atom. The van der Waals surface area contributed by atoms with Crippen LogP contribution in [0.4, 0.5) is 0 Å². The molecule has 0 unspecified atom stereocenters. The molecule has 0 atom stereocenters. The van der Waals surface area contributed by atoms with Gasteiger partial charge in [-0.25, -0.2) is 0 Å². The van der Waals surface area contributed by atoms with Crippen LogP contribution in [0.15, 0.2) is 201 Å². The molecule has 68 heavy (non-hydrogen) atoms. The van der Waals surface area contributed by atoms with E-state index in [1.165, 1.54) is 21.9 Å². The Labute approximate surface area is 399 Å². The molecule has 0 saturated heterocycles. The van der Waals surface area contributed by atoms with Crippen molar-refractivity contribution in [3.63, 3.8) is 0 Å². The number of ether oxygens (including phenoxy) is 2. The van der Waals surface area contributed by atoms with Gasteiger partial charge in [-0.15, -0.1) is 10.2 Å². The van der Waals surface area contributed by atoms with E-state index in [-0.39, 0.29) is 5.41 Å². The van der Waals surface area contributed by atoms with Crippen molar-refractivity contribution in [3.8, 4) is 45.3 Å². The van der Waals surface area contributed by atoms with Crippen LogP contribution in [0.2, 0.25) is 0 Å². The van der Waals surface area contributed by atoms with Crippen LogP contribution in [0.3, 0.4) is 0 Å². The summed E-state index contributed by atoms with van der Waals surface area (Å²) in [6.45, 7) is 16.6. The predicted molar refractivity (Wildman–Crippen MR) is 281 cm³/mol. The van der Waals surface area contributed by atoms with Crippen LogP contribution in [-0.4, -0.2) is 19.3 Å². The number of hydrogen-bond acceptors (Lipinski definition) is 4. The lowest BCUT2D eigenvalue weighted by Gasteiger charge is -2.20. The van der Waals surface area contributed by atoms with Crippen molar-refractivity contribution >= 4 is 34.0 Å². The number of fused-ring (bicyclic) bond motifs is 3. The van der Waals surface area contributed by atoms with Crippen LogP contribution in [0, 0.1) is 0 Å². The lowest BCUT2D eigenvalue weighted by molar-refractivity contribution is 0.107. The second kappa shape index (κ2) is 19.1. The molecule has 8 aromatic carbocycles. The first-order chi connectivity index (χ1) is 33.2. The van der Waals surface area contributed by atoms with Crippen LogP contribution in [-0.2, 0) is 41.3 Å². The topological polar surface area (TPSA) is 54.1 Å². The Morgan fingerprint density at radius 2 is 0.838 bits per heavy atom. The van der Waals surface area contributed by atoms with Gasteiger partial charge in [0, 0.05) is 33.3 Å². The van der Waals surface area contributed by atoms with Crippen molar-refractivity contribution in [1.82, 2.24) is 19.3 Å². The third kappa shape index (κ3) is 9.25. The van der Waals surface area contributed by atoms with Crippen LogP contribution < -0.4 is 0 Å². The van der Waals surface area contributed by atoms with Crippen molar-refractivity contribution in [2.24, 2.45) is 0 Å². The van der Waals surface area contributed by atoms with Crippen LogP contribution in [0.1, 0.15) is 59.7 Å². The molecule has 6 heteroatoms. The fourth-order valence-corrected chi connectivity index (χ4v) is 8.82. The Hall–Kier alpha value is -7.90. The minimum atomic E-state index is 0.0275. The summed E-state index contributed by atoms with van der Waals surface area (Å²) in [6, 6.07) is 66.7. The zero-order chi connectivity index (χ0) is 46.6. The molecule has 334 valence electrons. The largest absolute Gasteiger partial charge is 0.372 e. The zero-order valence-corrected chi connectivity index (χ0v) is 38.9. The van der Waals surface area contributed by atoms with Gasteiger partial charge < -0.3 is 14.0 Å². The molecule has 0 aliphatic rings. The van der Waals surface area contributed by atoms with E-state index in [0.717, 1.165) is 84.2 Å². The summed E-state index contributed by atoms with van der Waals surface area (Å²) in [5.41, 5.74) is 16.7. The SMILES string of the molecule is C=Cc1ccc(COCc2ccc(-c3nnc(-c4ccc(-c5ccc6c(c5)c5ccccc5n6-c5ccc(COCc6ccc(C=C)cc6)cc5)cc4)n3-c3ccc(C(C)(C)C)cc3)cc2)cc1. The Morgan fingerprint density at radius 1 is 0.426 bits per heavy atom. The van der Waals surface area contributed by atoms with Gasteiger partial charge >= 0.3 is 0 Å². The highest BCUT2D eigenvalue weighted by molar-refractivity contribution is 6.10. The molecule has 0 amide bonds. The molecule has 10 rings (SSSR count). The Balaban J connectivity index is 0.906. The molecule has 0 fully saturated rings. The van der Waals surface area contributed by atoms with Gasteiger partial charge in [-0.2, -0.15) is 0 Å². The highest BCUT2D eigenvalue weighted by atomic mass is 16.5. The van der Waals surface area contributed by atoms with Crippen molar-refractivity contribution in [1.29, 1.82) is 0 Å². The molecule has 0 spiro atoms. The average Bonchev–Trinajstić information content (AvgIpc) is 3.97. The monoisotopic (exact) mass is 886 g/mol. The molecule has 0 bridgehead atoms. The highest BCUT2D eigenvalue weighted by Gasteiger charge is 2.20. The molecular weight excluding hydrogens is 833 g/mol. The van der Waals surface area contributed by atoms with Gasteiger partial charge in [-0.1, -0.05) is 192 Å². The summed E-state index contributed by atoms with van der Waals surface area (Å²) >= 11 is 0. The summed E-state index contributed by atoms with van der Waals surface area (Å²) in [4.78, 5) is 0. The molecule has 0 saturated carbocycles. The smallest absolute Gasteiger partial charge is 0.168 e. The van der Waals surface area contributed by atoms with Crippen LogP contribution in [0.25, 0.3) is 79.2 Å². The summed E-state index contributed by atoms with van der Waals surface area (Å²) in [5.74, 6) is 1.55. The van der Waals surface area contributed by atoms with Gasteiger partial charge in [-0.05, 0) is 98.0 Å². The maximum Gasteiger partial charge on any atom is 0.168 e. The van der Waals surface area contributed by atoms with E-state index in [2.05, 4.69) is 231 Å². The van der Waals surface area contributed by atoms with Gasteiger partial charge in [-0.3, -0.25) is 4.57 Å². The number of nitrogens with zero attached hydrogens (tertiary/aromatic N) is 4. The molecule has 0 aliphatic carbocycles. The summed E-state index contributed by atoms with van der Waals surface area (Å²) < 4.78 is 16.7. The van der Waals surface area contributed by atoms with Gasteiger partial charge in [0.1, 0.15) is 0 Å². The number of benzene rings is 8. The normalized spacial score (nSPS) is 11.6. The predicted octanol–water partition coefficient (Wildman–Crippen LogP) is 15.4. The molecule has 2 heterocycles. The molecule has 10 aromatic rings. The van der Waals surface area contributed by atoms with Crippen molar-refractivity contribution in [2.75, 3.05) is 0 Å². The maximum absolute atomic E-state index is 6.08. The maximum atomic E-state index is 6.08. The third-order valence-corrected chi connectivity index (χ3v) is 12.7. The van der Waals surface area contributed by atoms with E-state index in [4.69, 9.17) is 19.7 Å². The summed E-state index contributed by atoms with van der Waals surface area (Å²) in [6.07, 6.45) is 3.70.